The summed E-state index contributed by atoms with van der Waals surface area (Å²) in [6, 6.07) is 5.68. The third kappa shape index (κ3) is 3.46. The van der Waals surface area contributed by atoms with E-state index in [4.69, 9.17) is 9.84 Å². The average Bonchev–Trinajstić information content (AvgIpc) is 2.35. The SMILES string of the molecule is CCC(C)(NCc1ccc(OC)c(Br)c1)C(=O)O. The molecule has 0 aliphatic heterocycles. The van der Waals surface area contributed by atoms with Gasteiger partial charge in [-0.05, 0) is 47.0 Å². The highest BCUT2D eigenvalue weighted by Gasteiger charge is 2.30. The lowest BCUT2D eigenvalue weighted by atomic mass is 9.99. The molecule has 4 nitrogen and oxygen atoms in total. The number of benzene rings is 1. The van der Waals surface area contributed by atoms with E-state index in [1.54, 1.807) is 14.0 Å². The van der Waals surface area contributed by atoms with Gasteiger partial charge in [0.25, 0.3) is 0 Å². The van der Waals surface area contributed by atoms with Crippen LogP contribution in [-0.2, 0) is 11.3 Å². The van der Waals surface area contributed by atoms with Crippen molar-refractivity contribution >= 4 is 21.9 Å². The van der Waals surface area contributed by atoms with Crippen LogP contribution in [0, 0.1) is 0 Å². The van der Waals surface area contributed by atoms with Crippen LogP contribution in [0.3, 0.4) is 0 Å². The molecule has 2 N–H and O–H groups in total. The van der Waals surface area contributed by atoms with Gasteiger partial charge in [0.2, 0.25) is 0 Å². The van der Waals surface area contributed by atoms with Crippen molar-refractivity contribution in [2.24, 2.45) is 0 Å². The van der Waals surface area contributed by atoms with Crippen LogP contribution in [0.4, 0.5) is 0 Å². The number of carbonyl (C=O) groups is 1. The summed E-state index contributed by atoms with van der Waals surface area (Å²) in [7, 11) is 1.61. The Morgan fingerprint density at radius 3 is 2.67 bits per heavy atom. The summed E-state index contributed by atoms with van der Waals surface area (Å²) in [5.74, 6) is -0.0761. The molecule has 0 saturated carbocycles. The zero-order chi connectivity index (χ0) is 13.8. The Morgan fingerprint density at radius 2 is 2.22 bits per heavy atom. The zero-order valence-corrected chi connectivity index (χ0v) is 12.4. The number of methoxy groups -OCH3 is 1. The van der Waals surface area contributed by atoms with Crippen molar-refractivity contribution in [3.63, 3.8) is 0 Å². The lowest BCUT2D eigenvalue weighted by Crippen LogP contribution is -2.48. The van der Waals surface area contributed by atoms with Gasteiger partial charge in [-0.3, -0.25) is 10.1 Å². The van der Waals surface area contributed by atoms with Gasteiger partial charge in [-0.15, -0.1) is 0 Å². The molecule has 18 heavy (non-hydrogen) atoms. The lowest BCUT2D eigenvalue weighted by Gasteiger charge is -2.24. The highest BCUT2D eigenvalue weighted by atomic mass is 79.9. The summed E-state index contributed by atoms with van der Waals surface area (Å²) in [5.41, 5.74) is 0.107. The van der Waals surface area contributed by atoms with Gasteiger partial charge < -0.3 is 9.84 Å². The molecule has 1 unspecified atom stereocenters. The quantitative estimate of drug-likeness (QED) is 0.847. The number of rotatable bonds is 6. The molecule has 0 saturated heterocycles. The minimum absolute atomic E-state index is 0.499. The molecule has 0 spiro atoms. The summed E-state index contributed by atoms with van der Waals surface area (Å²) in [4.78, 5) is 11.1. The Hall–Kier alpha value is -1.07. The smallest absolute Gasteiger partial charge is 0.323 e. The maximum Gasteiger partial charge on any atom is 0.323 e. The largest absolute Gasteiger partial charge is 0.496 e. The zero-order valence-electron chi connectivity index (χ0n) is 10.8. The molecular formula is C13H18BrNO3. The topological polar surface area (TPSA) is 58.6 Å². The van der Waals surface area contributed by atoms with Crippen molar-refractivity contribution in [3.05, 3.63) is 28.2 Å². The Bertz CT molecular complexity index is 436. The van der Waals surface area contributed by atoms with Crippen molar-refractivity contribution in [1.82, 2.24) is 5.32 Å². The van der Waals surface area contributed by atoms with E-state index in [9.17, 15) is 4.79 Å². The molecule has 0 amide bonds. The van der Waals surface area contributed by atoms with E-state index in [1.165, 1.54) is 0 Å². The molecule has 0 aliphatic carbocycles. The first kappa shape index (κ1) is 15.0. The second-order valence-corrected chi connectivity index (χ2v) is 5.17. The van der Waals surface area contributed by atoms with Crippen LogP contribution >= 0.6 is 15.9 Å². The molecule has 0 aliphatic rings. The van der Waals surface area contributed by atoms with Crippen LogP contribution in [0.25, 0.3) is 0 Å². The number of nitrogens with one attached hydrogen (secondary N) is 1. The summed E-state index contributed by atoms with van der Waals surface area (Å²) in [6.07, 6.45) is 0.527. The van der Waals surface area contributed by atoms with Crippen LogP contribution in [0.15, 0.2) is 22.7 Å². The molecule has 1 rings (SSSR count). The van der Waals surface area contributed by atoms with Crippen molar-refractivity contribution < 1.29 is 14.6 Å². The Kier molecular flexibility index (Phi) is 5.16. The van der Waals surface area contributed by atoms with Crippen LogP contribution in [0.1, 0.15) is 25.8 Å². The Morgan fingerprint density at radius 1 is 1.56 bits per heavy atom. The van der Waals surface area contributed by atoms with Crippen LogP contribution in [0.2, 0.25) is 0 Å². The Balaban J connectivity index is 2.74. The predicted octanol–water partition coefficient (Wildman–Crippen LogP) is 2.80. The standard InChI is InChI=1S/C13H18BrNO3/c1-4-13(2,12(16)17)15-8-9-5-6-11(18-3)10(14)7-9/h5-7,15H,4,8H2,1-3H3,(H,16,17). The van der Waals surface area contributed by atoms with Gasteiger partial charge in [0, 0.05) is 6.54 Å². The van der Waals surface area contributed by atoms with Gasteiger partial charge in [0.1, 0.15) is 11.3 Å². The van der Waals surface area contributed by atoms with E-state index in [0.717, 1.165) is 15.8 Å². The monoisotopic (exact) mass is 315 g/mol. The van der Waals surface area contributed by atoms with Gasteiger partial charge >= 0.3 is 5.97 Å². The predicted molar refractivity (Wildman–Crippen MR) is 73.9 cm³/mol. The highest BCUT2D eigenvalue weighted by Crippen LogP contribution is 2.25. The van der Waals surface area contributed by atoms with Crippen molar-refractivity contribution in [3.8, 4) is 5.75 Å². The first-order valence-electron chi connectivity index (χ1n) is 5.73. The second-order valence-electron chi connectivity index (χ2n) is 4.31. The maximum atomic E-state index is 11.1. The normalized spacial score (nSPS) is 14.0. The van der Waals surface area contributed by atoms with Gasteiger partial charge in [-0.1, -0.05) is 13.0 Å². The first-order valence-corrected chi connectivity index (χ1v) is 6.53. The highest BCUT2D eigenvalue weighted by molar-refractivity contribution is 9.10. The van der Waals surface area contributed by atoms with E-state index < -0.39 is 11.5 Å². The fourth-order valence-corrected chi connectivity index (χ4v) is 2.06. The van der Waals surface area contributed by atoms with E-state index in [-0.39, 0.29) is 0 Å². The van der Waals surface area contributed by atoms with Crippen LogP contribution in [-0.4, -0.2) is 23.7 Å². The minimum Gasteiger partial charge on any atom is -0.496 e. The lowest BCUT2D eigenvalue weighted by molar-refractivity contribution is -0.144. The van der Waals surface area contributed by atoms with E-state index in [0.29, 0.717) is 13.0 Å². The van der Waals surface area contributed by atoms with Gasteiger partial charge in [-0.2, -0.15) is 0 Å². The molecule has 0 fully saturated rings. The molecule has 1 aromatic carbocycles. The maximum absolute atomic E-state index is 11.1. The van der Waals surface area contributed by atoms with Gasteiger partial charge in [0.05, 0.1) is 11.6 Å². The molecule has 0 heterocycles. The summed E-state index contributed by atoms with van der Waals surface area (Å²) >= 11 is 3.40. The molecule has 0 aromatic heterocycles. The summed E-state index contributed by atoms with van der Waals surface area (Å²) < 4.78 is 6.00. The van der Waals surface area contributed by atoms with Crippen LogP contribution < -0.4 is 10.1 Å². The fourth-order valence-electron chi connectivity index (χ4n) is 1.47. The molecule has 1 aromatic rings. The molecule has 100 valence electrons. The fraction of sp³-hybridized carbons (Fsp3) is 0.462. The van der Waals surface area contributed by atoms with Crippen molar-refractivity contribution in [1.29, 1.82) is 0 Å². The molecule has 1 atom stereocenters. The van der Waals surface area contributed by atoms with Crippen LogP contribution in [0.5, 0.6) is 5.75 Å². The second kappa shape index (κ2) is 6.20. The third-order valence-electron chi connectivity index (χ3n) is 3.08. The number of hydrogen-bond acceptors (Lipinski definition) is 3. The summed E-state index contributed by atoms with van der Waals surface area (Å²) in [6.45, 7) is 4.04. The van der Waals surface area contributed by atoms with Crippen molar-refractivity contribution in [2.75, 3.05) is 7.11 Å². The van der Waals surface area contributed by atoms with E-state index in [1.807, 2.05) is 25.1 Å². The first-order chi connectivity index (χ1) is 8.42. The number of carboxylic acid groups (broad SMARTS) is 1. The molecule has 0 radical (unpaired) electrons. The van der Waals surface area contributed by atoms with E-state index >= 15 is 0 Å². The van der Waals surface area contributed by atoms with Gasteiger partial charge in [-0.25, -0.2) is 0 Å². The number of ether oxygens (including phenoxy) is 1. The van der Waals surface area contributed by atoms with Crippen molar-refractivity contribution in [2.45, 2.75) is 32.4 Å². The Labute approximate surface area is 115 Å². The summed E-state index contributed by atoms with van der Waals surface area (Å²) in [5, 5.41) is 12.2. The minimum atomic E-state index is -0.896. The molecular weight excluding hydrogens is 298 g/mol. The molecule has 5 heteroatoms. The number of aliphatic carboxylic acids is 1. The van der Waals surface area contributed by atoms with E-state index in [2.05, 4.69) is 21.2 Å². The van der Waals surface area contributed by atoms with Gasteiger partial charge in [0.15, 0.2) is 0 Å². The number of carboxylic acids is 1. The number of hydrogen-bond donors (Lipinski definition) is 2. The molecule has 0 bridgehead atoms. The third-order valence-corrected chi connectivity index (χ3v) is 3.70. The average molecular weight is 316 g/mol. The number of halogens is 1.